The lowest BCUT2D eigenvalue weighted by Gasteiger charge is -2.34. The molecule has 1 aromatic rings. The summed E-state index contributed by atoms with van der Waals surface area (Å²) in [5, 5.41) is 2.85. The maximum Gasteiger partial charge on any atom is 0.325 e. The van der Waals surface area contributed by atoms with E-state index < -0.39 is 21.6 Å². The minimum Gasteiger partial charge on any atom is -0.338 e. The molecule has 1 N–H and O–H groups in total. The van der Waals surface area contributed by atoms with Crippen molar-refractivity contribution in [2.75, 3.05) is 32.7 Å². The van der Waals surface area contributed by atoms with Gasteiger partial charge in [0.2, 0.25) is 15.9 Å². The van der Waals surface area contributed by atoms with Crippen LogP contribution < -0.4 is 5.32 Å². The van der Waals surface area contributed by atoms with Crippen molar-refractivity contribution >= 4 is 27.9 Å². The van der Waals surface area contributed by atoms with Crippen LogP contribution in [-0.4, -0.2) is 78.6 Å². The molecule has 0 atom stereocenters. The fourth-order valence-electron chi connectivity index (χ4n) is 4.93. The number of piperazine rings is 1. The van der Waals surface area contributed by atoms with Crippen LogP contribution in [0.4, 0.5) is 4.79 Å². The van der Waals surface area contributed by atoms with E-state index in [0.29, 0.717) is 12.8 Å². The number of urea groups is 1. The fourth-order valence-corrected chi connectivity index (χ4v) is 6.44. The molecule has 4 amide bonds. The molecule has 1 aliphatic carbocycles. The topological polar surface area (TPSA) is 107 Å². The number of nitrogens with zero attached hydrogens (tertiary/aromatic N) is 3. The van der Waals surface area contributed by atoms with Crippen LogP contribution in [-0.2, 0) is 19.6 Å². The summed E-state index contributed by atoms with van der Waals surface area (Å²) in [5.41, 5.74) is 1.06. The van der Waals surface area contributed by atoms with Gasteiger partial charge in [0.25, 0.3) is 5.91 Å². The quantitative estimate of drug-likeness (QED) is 0.667. The van der Waals surface area contributed by atoms with Crippen LogP contribution in [0.2, 0.25) is 0 Å². The van der Waals surface area contributed by atoms with E-state index in [9.17, 15) is 22.8 Å². The molecule has 2 aliphatic heterocycles. The van der Waals surface area contributed by atoms with E-state index in [1.165, 1.54) is 9.21 Å². The Hall–Kier alpha value is -2.46. The van der Waals surface area contributed by atoms with Gasteiger partial charge in [-0.1, -0.05) is 31.7 Å². The van der Waals surface area contributed by atoms with E-state index in [1.807, 2.05) is 13.8 Å². The maximum atomic E-state index is 13.0. The van der Waals surface area contributed by atoms with E-state index in [0.717, 1.165) is 41.7 Å². The molecule has 1 aromatic carbocycles. The van der Waals surface area contributed by atoms with Crippen molar-refractivity contribution in [2.45, 2.75) is 62.8 Å². The summed E-state index contributed by atoms with van der Waals surface area (Å²) in [6.45, 7) is 4.28. The van der Waals surface area contributed by atoms with Gasteiger partial charge in [-0.3, -0.25) is 14.5 Å². The standard InChI is InChI=1S/C23H32N4O5S/c1-17-7-8-19(15-18(17)2)33(31,32)26-13-11-25(12-14-26)20(28)16-27-21(29)23(24-22(27)30)9-5-3-4-6-10-23/h7-8,15H,3-6,9-14,16H2,1-2H3,(H,24,30). The largest absolute Gasteiger partial charge is 0.338 e. The number of sulfonamides is 1. The first-order valence-corrected chi connectivity index (χ1v) is 13.1. The van der Waals surface area contributed by atoms with E-state index >= 15 is 0 Å². The summed E-state index contributed by atoms with van der Waals surface area (Å²) in [6, 6.07) is 4.56. The fraction of sp³-hybridized carbons (Fsp3) is 0.609. The van der Waals surface area contributed by atoms with Crippen molar-refractivity contribution in [3.05, 3.63) is 29.3 Å². The number of benzene rings is 1. The van der Waals surface area contributed by atoms with Crippen LogP contribution in [0.5, 0.6) is 0 Å². The Balaban J connectivity index is 1.37. The van der Waals surface area contributed by atoms with Crippen LogP contribution in [0.1, 0.15) is 49.7 Å². The van der Waals surface area contributed by atoms with Gasteiger partial charge in [0.1, 0.15) is 12.1 Å². The normalized spacial score (nSPS) is 21.9. The summed E-state index contributed by atoms with van der Waals surface area (Å²) in [7, 11) is -3.65. The molecule has 0 bridgehead atoms. The van der Waals surface area contributed by atoms with Crippen molar-refractivity contribution in [2.24, 2.45) is 0 Å². The van der Waals surface area contributed by atoms with Crippen molar-refractivity contribution in [3.8, 4) is 0 Å². The highest BCUT2D eigenvalue weighted by Gasteiger charge is 2.51. The number of nitrogens with one attached hydrogen (secondary N) is 1. The Morgan fingerprint density at radius 1 is 0.970 bits per heavy atom. The van der Waals surface area contributed by atoms with Gasteiger partial charge in [0.15, 0.2) is 0 Å². The molecule has 180 valence electrons. The van der Waals surface area contributed by atoms with Crippen molar-refractivity contribution in [1.82, 2.24) is 19.4 Å². The summed E-state index contributed by atoms with van der Waals surface area (Å²) in [5.74, 6) is -0.647. The zero-order chi connectivity index (χ0) is 23.8. The van der Waals surface area contributed by atoms with Gasteiger partial charge in [-0.2, -0.15) is 4.31 Å². The first-order valence-electron chi connectivity index (χ1n) is 11.6. The Bertz CT molecular complexity index is 1050. The zero-order valence-corrected chi connectivity index (χ0v) is 20.1. The summed E-state index contributed by atoms with van der Waals surface area (Å²) >= 11 is 0. The van der Waals surface area contributed by atoms with Crippen molar-refractivity contribution < 1.29 is 22.8 Å². The number of carbonyl (C=O) groups excluding carboxylic acids is 3. The number of carbonyl (C=O) groups is 3. The number of hydrogen-bond donors (Lipinski definition) is 1. The highest BCUT2D eigenvalue weighted by Crippen LogP contribution is 2.32. The van der Waals surface area contributed by atoms with Gasteiger partial charge >= 0.3 is 6.03 Å². The molecule has 10 heteroatoms. The number of aryl methyl sites for hydroxylation is 2. The second-order valence-electron chi connectivity index (χ2n) is 9.35. The Kier molecular flexibility index (Phi) is 6.50. The highest BCUT2D eigenvalue weighted by molar-refractivity contribution is 7.89. The van der Waals surface area contributed by atoms with Gasteiger partial charge in [0.05, 0.1) is 4.90 Å². The second kappa shape index (κ2) is 9.06. The van der Waals surface area contributed by atoms with E-state index in [-0.39, 0.29) is 49.4 Å². The summed E-state index contributed by atoms with van der Waals surface area (Å²) in [4.78, 5) is 41.2. The molecular weight excluding hydrogens is 444 g/mol. The molecule has 9 nitrogen and oxygen atoms in total. The third-order valence-corrected chi connectivity index (χ3v) is 9.10. The second-order valence-corrected chi connectivity index (χ2v) is 11.3. The molecule has 2 saturated heterocycles. The molecule has 0 unspecified atom stereocenters. The Morgan fingerprint density at radius 3 is 2.21 bits per heavy atom. The Morgan fingerprint density at radius 2 is 1.61 bits per heavy atom. The van der Waals surface area contributed by atoms with Crippen LogP contribution in [0.25, 0.3) is 0 Å². The van der Waals surface area contributed by atoms with Crippen LogP contribution in [0.3, 0.4) is 0 Å². The first kappa shape index (κ1) is 23.7. The lowest BCUT2D eigenvalue weighted by atomic mass is 9.90. The minimum atomic E-state index is -3.65. The monoisotopic (exact) mass is 476 g/mol. The third-order valence-electron chi connectivity index (χ3n) is 7.20. The molecule has 1 spiro atoms. The van der Waals surface area contributed by atoms with Crippen LogP contribution in [0, 0.1) is 13.8 Å². The van der Waals surface area contributed by atoms with Gasteiger partial charge in [0, 0.05) is 26.2 Å². The van der Waals surface area contributed by atoms with Gasteiger partial charge in [-0.15, -0.1) is 0 Å². The van der Waals surface area contributed by atoms with E-state index in [2.05, 4.69) is 5.32 Å². The molecule has 1 saturated carbocycles. The van der Waals surface area contributed by atoms with Crippen molar-refractivity contribution in [1.29, 1.82) is 0 Å². The average molecular weight is 477 g/mol. The van der Waals surface area contributed by atoms with Gasteiger partial charge < -0.3 is 10.2 Å². The number of rotatable bonds is 4. The maximum absolute atomic E-state index is 13.0. The lowest BCUT2D eigenvalue weighted by molar-refractivity contribution is -0.139. The van der Waals surface area contributed by atoms with Crippen LogP contribution in [0.15, 0.2) is 23.1 Å². The van der Waals surface area contributed by atoms with Crippen molar-refractivity contribution in [3.63, 3.8) is 0 Å². The molecule has 3 fully saturated rings. The predicted octanol–water partition coefficient (Wildman–Crippen LogP) is 1.78. The highest BCUT2D eigenvalue weighted by atomic mass is 32.2. The van der Waals surface area contributed by atoms with E-state index in [1.54, 1.807) is 18.2 Å². The zero-order valence-electron chi connectivity index (χ0n) is 19.3. The molecule has 2 heterocycles. The molecule has 0 radical (unpaired) electrons. The number of hydrogen-bond acceptors (Lipinski definition) is 5. The third kappa shape index (κ3) is 4.50. The molecule has 0 aromatic heterocycles. The summed E-state index contributed by atoms with van der Waals surface area (Å²) < 4.78 is 27.4. The minimum absolute atomic E-state index is 0.172. The van der Waals surface area contributed by atoms with E-state index in [4.69, 9.17) is 0 Å². The van der Waals surface area contributed by atoms with Crippen LogP contribution >= 0.6 is 0 Å². The van der Waals surface area contributed by atoms with Gasteiger partial charge in [-0.05, 0) is 49.9 Å². The average Bonchev–Trinajstić information content (AvgIpc) is 2.94. The Labute approximate surface area is 195 Å². The molecule has 4 rings (SSSR count). The first-order chi connectivity index (χ1) is 15.6. The smallest absolute Gasteiger partial charge is 0.325 e. The SMILES string of the molecule is Cc1ccc(S(=O)(=O)N2CCN(C(=O)CN3C(=O)NC4(CCCCCC4)C3=O)CC2)cc1C. The van der Waals surface area contributed by atoms with Gasteiger partial charge in [-0.25, -0.2) is 13.2 Å². The molecule has 33 heavy (non-hydrogen) atoms. The number of amides is 4. The molecule has 3 aliphatic rings. The predicted molar refractivity (Wildman–Crippen MR) is 122 cm³/mol. The summed E-state index contributed by atoms with van der Waals surface area (Å²) in [6.07, 6.45) is 5.06. The lowest BCUT2D eigenvalue weighted by Crippen LogP contribution is -2.53. The number of imide groups is 1. The molecular formula is C23H32N4O5S.